The van der Waals surface area contributed by atoms with Crippen molar-refractivity contribution in [3.8, 4) is 0 Å². The molecule has 1 rings (SSSR count). The van der Waals surface area contributed by atoms with Crippen LogP contribution in [-0.4, -0.2) is 34.7 Å². The third-order valence-corrected chi connectivity index (χ3v) is 2.89. The van der Waals surface area contributed by atoms with Gasteiger partial charge in [0.25, 0.3) is 10.1 Å². The average Bonchev–Trinajstić information content (AvgIpc) is 2.30. The molecular formula is C10H15B3F12LiO3S-3. The van der Waals surface area contributed by atoms with Crippen molar-refractivity contribution in [3.05, 3.63) is 29.8 Å². The van der Waals surface area contributed by atoms with Gasteiger partial charge < -0.3 is 53.2 Å². The fourth-order valence-electron chi connectivity index (χ4n) is 1.13. The Morgan fingerprint density at radius 3 is 1.03 bits per heavy atom. The number of hydrogen-bond donors (Lipinski definition) is 1. The number of halogens is 12. The smallest absolute Gasteiger partial charge is 1.00 e. The molecule has 0 atom stereocenters. The van der Waals surface area contributed by atoms with Crippen molar-refractivity contribution >= 4 is 31.9 Å². The molecule has 1 N–H and O–H groups in total. The van der Waals surface area contributed by atoms with E-state index >= 15 is 0 Å². The molecule has 0 saturated carbocycles. The Bertz CT molecular complexity index is 644. The van der Waals surface area contributed by atoms with Gasteiger partial charge in [-0.05, 0) is 23.1 Å². The van der Waals surface area contributed by atoms with Gasteiger partial charge >= 0.3 is 40.6 Å². The first-order chi connectivity index (χ1) is 12.2. The molecular weight excluding hydrogens is 468 g/mol. The average molecular weight is 483 g/mol. The second-order valence-electron chi connectivity index (χ2n) is 5.73. The van der Waals surface area contributed by atoms with Gasteiger partial charge in [0.1, 0.15) is 0 Å². The predicted molar refractivity (Wildman–Crippen MR) is 86.6 cm³/mol. The standard InChI is InChI=1S/C10H14O3S.3BF4.Li.H/c1-10(2,3)8-4-6-9(7-5-8)14(11,12)13;3*2-1(3,4)5;;/h4-7H,1-3H3,(H,11,12,13);;;;;/q;3*-1;+1;-1. The maximum Gasteiger partial charge on any atom is 1.00 e. The van der Waals surface area contributed by atoms with Gasteiger partial charge in [0.05, 0.1) is 4.90 Å². The van der Waals surface area contributed by atoms with E-state index in [2.05, 4.69) is 0 Å². The Kier molecular flexibility index (Phi) is 16.4. The maximum atomic E-state index is 10.7. The van der Waals surface area contributed by atoms with Gasteiger partial charge in [-0.25, -0.2) is 0 Å². The summed E-state index contributed by atoms with van der Waals surface area (Å²) in [6.07, 6.45) is 0. The molecule has 30 heavy (non-hydrogen) atoms. The van der Waals surface area contributed by atoms with Gasteiger partial charge in [0, 0.05) is 0 Å². The Balaban J connectivity index is -0.000000111. The molecule has 0 amide bonds. The molecule has 3 nitrogen and oxygen atoms in total. The van der Waals surface area contributed by atoms with Gasteiger partial charge in [-0.2, -0.15) is 8.42 Å². The largest absolute Gasteiger partial charge is 1.00 e. The van der Waals surface area contributed by atoms with Crippen molar-refractivity contribution in [1.82, 2.24) is 0 Å². The topological polar surface area (TPSA) is 54.4 Å². The van der Waals surface area contributed by atoms with Crippen molar-refractivity contribution in [2.45, 2.75) is 31.1 Å². The van der Waals surface area contributed by atoms with Crippen molar-refractivity contribution in [3.63, 3.8) is 0 Å². The van der Waals surface area contributed by atoms with Crippen molar-refractivity contribution in [2.24, 2.45) is 0 Å². The summed E-state index contributed by atoms with van der Waals surface area (Å²) in [5, 5.41) is 0. The maximum absolute atomic E-state index is 10.7. The summed E-state index contributed by atoms with van der Waals surface area (Å²) in [6, 6.07) is 6.25. The molecule has 0 saturated heterocycles. The zero-order valence-corrected chi connectivity index (χ0v) is 16.6. The summed E-state index contributed by atoms with van der Waals surface area (Å²) >= 11 is 0. The van der Waals surface area contributed by atoms with Crippen LogP contribution in [0.5, 0.6) is 0 Å². The van der Waals surface area contributed by atoms with E-state index in [-0.39, 0.29) is 30.6 Å². The van der Waals surface area contributed by atoms with E-state index in [1.54, 1.807) is 12.1 Å². The molecule has 0 fully saturated rings. The number of rotatable bonds is 1. The normalized spacial score (nSPS) is 12.0. The van der Waals surface area contributed by atoms with Crippen LogP contribution in [0.2, 0.25) is 0 Å². The molecule has 0 aliphatic heterocycles. The Morgan fingerprint density at radius 1 is 0.700 bits per heavy atom. The first kappa shape index (κ1) is 36.5. The predicted octanol–water partition coefficient (Wildman–Crippen LogP) is 3.25. The van der Waals surface area contributed by atoms with E-state index < -0.39 is 31.9 Å². The van der Waals surface area contributed by atoms with E-state index in [1.165, 1.54) is 12.1 Å². The Hall–Kier alpha value is -0.918. The summed E-state index contributed by atoms with van der Waals surface area (Å²) in [4.78, 5) is -0.0644. The van der Waals surface area contributed by atoms with Crippen LogP contribution >= 0.6 is 0 Å². The van der Waals surface area contributed by atoms with Gasteiger partial charge in [-0.3, -0.25) is 4.55 Å². The van der Waals surface area contributed by atoms with Gasteiger partial charge in [-0.1, -0.05) is 32.9 Å². The number of hydrogen-bond acceptors (Lipinski definition) is 2. The zero-order chi connectivity index (χ0) is 24.5. The first-order valence-corrected chi connectivity index (χ1v) is 8.35. The van der Waals surface area contributed by atoms with Crippen LogP contribution in [0.4, 0.5) is 51.8 Å². The third kappa shape index (κ3) is 41.5. The minimum absolute atomic E-state index is 0. The molecule has 0 bridgehead atoms. The van der Waals surface area contributed by atoms with Crippen molar-refractivity contribution in [2.75, 3.05) is 0 Å². The fraction of sp³-hybridized carbons (Fsp3) is 0.400. The molecule has 20 heteroatoms. The molecule has 0 aromatic heterocycles. The third-order valence-electron chi connectivity index (χ3n) is 2.02. The van der Waals surface area contributed by atoms with Gasteiger partial charge in [0.15, 0.2) is 0 Å². The quantitative estimate of drug-likeness (QED) is 0.380. The summed E-state index contributed by atoms with van der Waals surface area (Å²) < 4.78 is 147. The fourth-order valence-corrected chi connectivity index (χ4v) is 1.61. The van der Waals surface area contributed by atoms with Crippen molar-refractivity contribution < 1.29 is 85.0 Å². The summed E-state index contributed by atoms with van der Waals surface area (Å²) in [7, 11) is -22.1. The molecule has 1 aromatic rings. The molecule has 0 radical (unpaired) electrons. The molecule has 0 heterocycles. The van der Waals surface area contributed by atoms with Gasteiger partial charge in [0.2, 0.25) is 0 Å². The van der Waals surface area contributed by atoms with Crippen LogP contribution in [-0.2, 0) is 15.5 Å². The van der Waals surface area contributed by atoms with E-state index in [1.807, 2.05) is 20.8 Å². The van der Waals surface area contributed by atoms with Crippen LogP contribution in [0.1, 0.15) is 27.8 Å². The van der Waals surface area contributed by atoms with E-state index in [0.717, 1.165) is 5.56 Å². The minimum Gasteiger partial charge on any atom is -1.00 e. The summed E-state index contributed by atoms with van der Waals surface area (Å²) in [6.45, 7) is 6.11. The molecule has 0 aliphatic rings. The second-order valence-corrected chi connectivity index (χ2v) is 7.16. The minimum atomic E-state index is -6.00. The van der Waals surface area contributed by atoms with Crippen molar-refractivity contribution in [1.29, 1.82) is 0 Å². The molecule has 0 spiro atoms. The van der Waals surface area contributed by atoms with E-state index in [9.17, 15) is 60.2 Å². The number of benzene rings is 1. The van der Waals surface area contributed by atoms with Crippen LogP contribution in [0.3, 0.4) is 0 Å². The van der Waals surface area contributed by atoms with E-state index in [4.69, 9.17) is 4.55 Å². The molecule has 0 aliphatic carbocycles. The van der Waals surface area contributed by atoms with Crippen LogP contribution in [0, 0.1) is 0 Å². The van der Waals surface area contributed by atoms with Crippen LogP contribution in [0.15, 0.2) is 29.2 Å². The second kappa shape index (κ2) is 13.5. The summed E-state index contributed by atoms with van der Waals surface area (Å²) in [5.41, 5.74) is 1.02. The monoisotopic (exact) mass is 483 g/mol. The SMILES string of the molecule is CC(C)(C)c1ccc(S(=O)(=O)O)cc1.F[B-](F)(F)F.F[B-](F)(F)F.F[B-](F)(F)F.[H-].[Li+]. The summed E-state index contributed by atoms with van der Waals surface area (Å²) in [5.74, 6) is 0. The van der Waals surface area contributed by atoms with Gasteiger partial charge in [-0.15, -0.1) is 0 Å². The van der Waals surface area contributed by atoms with Crippen LogP contribution < -0.4 is 18.9 Å². The molecule has 1 aromatic carbocycles. The Morgan fingerprint density at radius 2 is 0.900 bits per heavy atom. The van der Waals surface area contributed by atoms with E-state index in [0.29, 0.717) is 0 Å². The first-order valence-electron chi connectivity index (χ1n) is 6.91. The molecule has 0 unspecified atom stereocenters. The Labute approximate surface area is 178 Å². The zero-order valence-electron chi connectivity index (χ0n) is 16.7. The van der Waals surface area contributed by atoms with Crippen LogP contribution in [0.25, 0.3) is 0 Å². The molecule has 176 valence electrons.